The van der Waals surface area contributed by atoms with Crippen LogP contribution in [0, 0.1) is 5.92 Å². The van der Waals surface area contributed by atoms with Gasteiger partial charge in [-0.3, -0.25) is 0 Å². The molecule has 2 aromatic rings. The first-order valence-corrected chi connectivity index (χ1v) is 11.5. The topological polar surface area (TPSA) is 70.8 Å². The third-order valence-electron chi connectivity index (χ3n) is 6.25. The fourth-order valence-electron chi connectivity index (χ4n) is 4.45. The molecule has 1 N–H and O–H groups in total. The van der Waals surface area contributed by atoms with E-state index in [4.69, 9.17) is 9.73 Å². The summed E-state index contributed by atoms with van der Waals surface area (Å²) in [5.41, 5.74) is 1.18. The number of pyridine rings is 1. The van der Waals surface area contributed by atoms with E-state index < -0.39 is 0 Å². The Hall–Kier alpha value is -2.61. The van der Waals surface area contributed by atoms with Crippen LogP contribution in [0.15, 0.2) is 42.0 Å². The largest absolute Gasteiger partial charge is 0.375 e. The molecule has 4 rings (SSSR count). The molecule has 0 radical (unpaired) electrons. The number of nitrogens with zero attached hydrogens (tertiary/aromatic N) is 6. The predicted octanol–water partition coefficient (Wildman–Crippen LogP) is 2.55. The Morgan fingerprint density at radius 2 is 2.16 bits per heavy atom. The number of nitrogens with one attached hydrogen (secondary N) is 1. The number of morpholine rings is 1. The minimum Gasteiger partial charge on any atom is -0.375 e. The summed E-state index contributed by atoms with van der Waals surface area (Å²) in [6.45, 7) is 12.5. The number of guanidine groups is 1. The van der Waals surface area contributed by atoms with Crippen molar-refractivity contribution >= 4 is 11.8 Å². The summed E-state index contributed by atoms with van der Waals surface area (Å²) in [7, 11) is 0. The highest BCUT2D eigenvalue weighted by atomic mass is 16.5. The molecule has 2 fully saturated rings. The third kappa shape index (κ3) is 5.36. The van der Waals surface area contributed by atoms with Gasteiger partial charge in [-0.05, 0) is 43.9 Å². The number of hydrogen-bond donors (Lipinski definition) is 1. The molecule has 0 spiro atoms. The van der Waals surface area contributed by atoms with Gasteiger partial charge in [0.1, 0.15) is 5.82 Å². The van der Waals surface area contributed by atoms with E-state index in [-0.39, 0.29) is 6.10 Å². The molecule has 2 saturated heterocycles. The predicted molar refractivity (Wildman–Crippen MR) is 123 cm³/mol. The lowest BCUT2D eigenvalue weighted by Gasteiger charge is -2.39. The highest BCUT2D eigenvalue weighted by molar-refractivity contribution is 5.80. The summed E-state index contributed by atoms with van der Waals surface area (Å²) in [6.07, 6.45) is 9.13. The first-order chi connectivity index (χ1) is 15.1. The smallest absolute Gasteiger partial charge is 0.194 e. The number of imidazole rings is 1. The van der Waals surface area contributed by atoms with Crippen LogP contribution >= 0.6 is 0 Å². The Balaban J connectivity index is 1.46. The zero-order chi connectivity index (χ0) is 21.6. The van der Waals surface area contributed by atoms with Crippen molar-refractivity contribution in [1.82, 2.24) is 24.8 Å². The van der Waals surface area contributed by atoms with Crippen molar-refractivity contribution in [3.8, 4) is 0 Å². The van der Waals surface area contributed by atoms with Crippen molar-refractivity contribution in [3.63, 3.8) is 0 Å². The average molecular weight is 426 g/mol. The van der Waals surface area contributed by atoms with Gasteiger partial charge in [0.05, 0.1) is 31.6 Å². The summed E-state index contributed by atoms with van der Waals surface area (Å²) in [5.74, 6) is 2.62. The second kappa shape index (κ2) is 10.1. The van der Waals surface area contributed by atoms with Crippen LogP contribution in [-0.4, -0.2) is 70.8 Å². The molecule has 0 bridgehead atoms. The molecule has 0 saturated carbocycles. The van der Waals surface area contributed by atoms with Crippen molar-refractivity contribution in [1.29, 1.82) is 0 Å². The zero-order valence-electron chi connectivity index (χ0n) is 18.9. The summed E-state index contributed by atoms with van der Waals surface area (Å²) in [5, 5.41) is 3.50. The second-order valence-electron chi connectivity index (χ2n) is 8.61. The van der Waals surface area contributed by atoms with E-state index in [2.05, 4.69) is 68.8 Å². The fraction of sp³-hybridized carbons (Fsp3) is 0.609. The third-order valence-corrected chi connectivity index (χ3v) is 6.25. The van der Waals surface area contributed by atoms with Crippen LogP contribution in [0.25, 0.3) is 0 Å². The van der Waals surface area contributed by atoms with Crippen molar-refractivity contribution in [2.24, 2.45) is 10.9 Å². The van der Waals surface area contributed by atoms with Crippen molar-refractivity contribution in [2.45, 2.75) is 45.9 Å². The molecule has 0 aliphatic carbocycles. The standard InChI is InChI=1S/C23H35N7O/c1-4-25-23(29-9-6-18(2)21(16-29)30-10-8-24-17-30)27-14-20-5-7-26-22(13-20)28-11-12-31-19(3)15-28/h5,7-8,10,13,17-19,21H,4,6,9,11-12,14-16H2,1-3H3,(H,25,27). The van der Waals surface area contributed by atoms with E-state index in [1.54, 1.807) is 0 Å². The van der Waals surface area contributed by atoms with Crippen LogP contribution < -0.4 is 10.2 Å². The summed E-state index contributed by atoms with van der Waals surface area (Å²) < 4.78 is 7.90. The molecule has 8 nitrogen and oxygen atoms in total. The zero-order valence-corrected chi connectivity index (χ0v) is 18.9. The maximum atomic E-state index is 5.67. The van der Waals surface area contributed by atoms with E-state index in [1.807, 2.05) is 18.7 Å². The van der Waals surface area contributed by atoms with Gasteiger partial charge < -0.3 is 24.4 Å². The fourth-order valence-corrected chi connectivity index (χ4v) is 4.45. The molecular formula is C23H35N7O. The Morgan fingerprint density at radius 1 is 1.26 bits per heavy atom. The average Bonchev–Trinajstić information content (AvgIpc) is 3.32. The molecule has 31 heavy (non-hydrogen) atoms. The molecule has 2 aromatic heterocycles. The molecule has 0 aromatic carbocycles. The lowest BCUT2D eigenvalue weighted by atomic mass is 9.93. The van der Waals surface area contributed by atoms with Crippen molar-refractivity contribution in [3.05, 3.63) is 42.6 Å². The second-order valence-corrected chi connectivity index (χ2v) is 8.61. The molecule has 3 unspecified atom stereocenters. The number of aromatic nitrogens is 3. The summed E-state index contributed by atoms with van der Waals surface area (Å²) >= 11 is 0. The van der Waals surface area contributed by atoms with Crippen LogP contribution in [0.5, 0.6) is 0 Å². The molecule has 0 amide bonds. The summed E-state index contributed by atoms with van der Waals surface area (Å²) in [4.78, 5) is 18.5. The van der Waals surface area contributed by atoms with Crippen molar-refractivity contribution < 1.29 is 4.74 Å². The molecular weight excluding hydrogens is 390 g/mol. The molecule has 8 heteroatoms. The van der Waals surface area contributed by atoms with Gasteiger partial charge in [-0.15, -0.1) is 0 Å². The number of anilines is 1. The summed E-state index contributed by atoms with van der Waals surface area (Å²) in [6, 6.07) is 4.64. The van der Waals surface area contributed by atoms with Crippen LogP contribution in [0.1, 0.15) is 38.8 Å². The SMILES string of the molecule is CCNC(=NCc1ccnc(N2CCOC(C)C2)c1)N1CCC(C)C(n2ccnc2)C1. The minimum atomic E-state index is 0.238. The maximum absolute atomic E-state index is 5.67. The van der Waals surface area contributed by atoms with Gasteiger partial charge in [-0.25, -0.2) is 15.0 Å². The van der Waals surface area contributed by atoms with E-state index in [9.17, 15) is 0 Å². The van der Waals surface area contributed by atoms with E-state index in [0.717, 1.165) is 57.5 Å². The molecule has 2 aliphatic heterocycles. The highest BCUT2D eigenvalue weighted by Gasteiger charge is 2.29. The Bertz CT molecular complexity index is 853. The molecule has 2 aliphatic rings. The van der Waals surface area contributed by atoms with Gasteiger partial charge in [-0.2, -0.15) is 0 Å². The van der Waals surface area contributed by atoms with E-state index in [1.165, 1.54) is 5.56 Å². The Labute approximate surface area is 185 Å². The van der Waals surface area contributed by atoms with Crippen LogP contribution in [0.3, 0.4) is 0 Å². The molecule has 168 valence electrons. The van der Waals surface area contributed by atoms with Gasteiger partial charge in [0.25, 0.3) is 0 Å². The van der Waals surface area contributed by atoms with Crippen LogP contribution in [0.4, 0.5) is 5.82 Å². The Morgan fingerprint density at radius 3 is 2.94 bits per heavy atom. The molecule has 3 atom stereocenters. The van der Waals surface area contributed by atoms with E-state index >= 15 is 0 Å². The van der Waals surface area contributed by atoms with Gasteiger partial charge in [0, 0.05) is 51.3 Å². The van der Waals surface area contributed by atoms with Crippen LogP contribution in [0.2, 0.25) is 0 Å². The lowest BCUT2D eigenvalue weighted by Crippen LogP contribution is -2.49. The molecule has 4 heterocycles. The van der Waals surface area contributed by atoms with Gasteiger partial charge in [-0.1, -0.05) is 6.92 Å². The van der Waals surface area contributed by atoms with Gasteiger partial charge in [0.2, 0.25) is 0 Å². The van der Waals surface area contributed by atoms with Crippen LogP contribution in [-0.2, 0) is 11.3 Å². The monoisotopic (exact) mass is 425 g/mol. The number of aliphatic imine (C=N–C) groups is 1. The van der Waals surface area contributed by atoms with Gasteiger partial charge in [0.15, 0.2) is 5.96 Å². The van der Waals surface area contributed by atoms with Gasteiger partial charge >= 0.3 is 0 Å². The van der Waals surface area contributed by atoms with Crippen molar-refractivity contribution in [2.75, 3.05) is 44.2 Å². The first kappa shape index (κ1) is 21.6. The number of piperidine rings is 1. The minimum absolute atomic E-state index is 0.238. The number of ether oxygens (including phenoxy) is 1. The first-order valence-electron chi connectivity index (χ1n) is 11.5. The number of likely N-dealkylation sites (tertiary alicyclic amines) is 1. The lowest BCUT2D eigenvalue weighted by molar-refractivity contribution is 0.0529. The quantitative estimate of drug-likeness (QED) is 0.586. The maximum Gasteiger partial charge on any atom is 0.194 e. The number of rotatable bonds is 5. The normalized spacial score (nSPS) is 25.0. The number of hydrogen-bond acceptors (Lipinski definition) is 5. The van der Waals surface area contributed by atoms with E-state index in [0.29, 0.717) is 18.5 Å². The Kier molecular flexibility index (Phi) is 7.06. The highest BCUT2D eigenvalue weighted by Crippen LogP contribution is 2.27.